The number of nitrogens with zero attached hydrogens (tertiary/aromatic N) is 3. The van der Waals surface area contributed by atoms with Crippen LogP contribution in [-0.2, 0) is 9.59 Å². The molecule has 0 radical (unpaired) electrons. The lowest BCUT2D eigenvalue weighted by Crippen LogP contribution is -2.53. The average Bonchev–Trinajstić information content (AvgIpc) is 2.88. The van der Waals surface area contributed by atoms with Crippen molar-refractivity contribution in [2.24, 2.45) is 5.92 Å². The Kier molecular flexibility index (Phi) is 8.95. The molecule has 2 heterocycles. The van der Waals surface area contributed by atoms with E-state index in [0.29, 0.717) is 71.1 Å². The largest absolute Gasteiger partial charge is 0.343 e. The number of likely N-dealkylation sites (tertiary alicyclic amines) is 2. The summed E-state index contributed by atoms with van der Waals surface area (Å²) in [4.78, 5) is 44.0. The van der Waals surface area contributed by atoms with Crippen molar-refractivity contribution < 1.29 is 14.4 Å². The van der Waals surface area contributed by atoms with E-state index < -0.39 is 0 Å². The van der Waals surface area contributed by atoms with Crippen LogP contribution in [0.25, 0.3) is 0 Å². The monoisotopic (exact) mass is 583 g/mol. The van der Waals surface area contributed by atoms with Gasteiger partial charge in [-0.25, -0.2) is 0 Å². The second-order valence-corrected chi connectivity index (χ2v) is 11.5. The summed E-state index contributed by atoms with van der Waals surface area (Å²) in [6.45, 7) is 3.73. The third-order valence-corrected chi connectivity index (χ3v) is 8.65. The fraction of sp³-hybridized carbons (Fsp3) is 0.444. The number of carbonyl (C=O) groups is 3. The van der Waals surface area contributed by atoms with Crippen LogP contribution in [0.2, 0.25) is 20.1 Å². The first-order valence-corrected chi connectivity index (χ1v) is 13.8. The lowest BCUT2D eigenvalue weighted by Gasteiger charge is -2.44. The Morgan fingerprint density at radius 2 is 1.46 bits per heavy atom. The van der Waals surface area contributed by atoms with E-state index in [2.05, 4.69) is 0 Å². The summed E-state index contributed by atoms with van der Waals surface area (Å²) >= 11 is 24.8. The van der Waals surface area contributed by atoms with Gasteiger partial charge in [0.05, 0.1) is 10.0 Å². The second kappa shape index (κ2) is 11.8. The molecule has 2 aromatic rings. The van der Waals surface area contributed by atoms with Gasteiger partial charge in [0, 0.05) is 73.6 Å². The minimum absolute atomic E-state index is 0.0417. The molecule has 2 atom stereocenters. The zero-order chi connectivity index (χ0) is 26.9. The van der Waals surface area contributed by atoms with E-state index in [4.69, 9.17) is 46.4 Å². The van der Waals surface area contributed by atoms with Crippen molar-refractivity contribution in [1.29, 1.82) is 0 Å². The average molecular weight is 585 g/mol. The van der Waals surface area contributed by atoms with Gasteiger partial charge in [-0.05, 0) is 55.2 Å². The number of halogens is 4. The number of benzene rings is 2. The van der Waals surface area contributed by atoms with Crippen molar-refractivity contribution in [1.82, 2.24) is 14.7 Å². The predicted octanol–water partition coefficient (Wildman–Crippen LogP) is 6.02. The molecule has 198 valence electrons. The molecule has 0 bridgehead atoms. The van der Waals surface area contributed by atoms with Crippen molar-refractivity contribution in [2.75, 3.05) is 33.2 Å². The van der Waals surface area contributed by atoms with Gasteiger partial charge in [-0.15, -0.1) is 0 Å². The number of likely N-dealkylation sites (N-methyl/N-ethyl adjacent to an activating group) is 1. The van der Waals surface area contributed by atoms with Crippen LogP contribution in [0.4, 0.5) is 0 Å². The topological polar surface area (TPSA) is 60.9 Å². The Bertz CT molecular complexity index is 1180. The molecule has 2 fully saturated rings. The molecule has 0 saturated carbocycles. The van der Waals surface area contributed by atoms with Gasteiger partial charge in [0.25, 0.3) is 5.91 Å². The van der Waals surface area contributed by atoms with Gasteiger partial charge in [0.2, 0.25) is 11.8 Å². The van der Waals surface area contributed by atoms with Crippen LogP contribution in [0.1, 0.15) is 48.0 Å². The van der Waals surface area contributed by atoms with Crippen molar-refractivity contribution in [2.45, 2.75) is 38.1 Å². The van der Waals surface area contributed by atoms with E-state index >= 15 is 0 Å². The van der Waals surface area contributed by atoms with Crippen molar-refractivity contribution in [3.8, 4) is 0 Å². The molecular weight excluding hydrogens is 556 g/mol. The molecule has 2 aromatic carbocycles. The summed E-state index contributed by atoms with van der Waals surface area (Å²) in [7, 11) is 1.77. The van der Waals surface area contributed by atoms with Crippen molar-refractivity contribution in [3.05, 3.63) is 67.6 Å². The summed E-state index contributed by atoms with van der Waals surface area (Å²) in [6, 6.07) is 10.1. The van der Waals surface area contributed by atoms with Crippen molar-refractivity contribution >= 4 is 64.1 Å². The van der Waals surface area contributed by atoms with Gasteiger partial charge in [0.1, 0.15) is 0 Å². The Balaban J connectivity index is 1.57. The van der Waals surface area contributed by atoms with Gasteiger partial charge < -0.3 is 14.7 Å². The van der Waals surface area contributed by atoms with E-state index in [0.717, 1.165) is 5.56 Å². The molecule has 37 heavy (non-hydrogen) atoms. The van der Waals surface area contributed by atoms with Crippen LogP contribution in [-0.4, -0.2) is 71.7 Å². The Morgan fingerprint density at radius 3 is 2.05 bits per heavy atom. The highest BCUT2D eigenvalue weighted by molar-refractivity contribution is 6.42. The number of amides is 3. The smallest absolute Gasteiger partial charge is 0.253 e. The number of hydrogen-bond donors (Lipinski definition) is 0. The van der Waals surface area contributed by atoms with Crippen LogP contribution in [0, 0.1) is 5.92 Å². The zero-order valence-corrected chi connectivity index (χ0v) is 23.7. The number of rotatable bonds is 4. The van der Waals surface area contributed by atoms with Gasteiger partial charge >= 0.3 is 0 Å². The maximum absolute atomic E-state index is 13.5. The first-order chi connectivity index (χ1) is 17.5. The molecule has 0 spiro atoms. The molecular formula is C27H29Cl4N3O3. The Labute approximate surface area is 237 Å². The number of piperidine rings is 2. The molecule has 10 heteroatoms. The van der Waals surface area contributed by atoms with Crippen LogP contribution in [0.15, 0.2) is 36.4 Å². The highest BCUT2D eigenvalue weighted by Gasteiger charge is 2.39. The normalized spacial score (nSPS) is 20.6. The molecule has 2 aliphatic rings. The SMILES string of the molecule is CC(=O)N1CCC(C(=O)N2CCC(N(C)C(=O)c3cc(Cl)cc(Cl)c3)C(c3ccc(Cl)c(Cl)c3)C2)CC1. The molecule has 3 amide bonds. The molecule has 2 aliphatic heterocycles. The molecule has 6 nitrogen and oxygen atoms in total. The van der Waals surface area contributed by atoms with E-state index in [9.17, 15) is 14.4 Å². The third kappa shape index (κ3) is 6.36. The quantitative estimate of drug-likeness (QED) is 0.442. The Morgan fingerprint density at radius 1 is 0.838 bits per heavy atom. The van der Waals surface area contributed by atoms with E-state index in [1.807, 2.05) is 17.0 Å². The van der Waals surface area contributed by atoms with Gasteiger partial charge in [-0.3, -0.25) is 14.4 Å². The van der Waals surface area contributed by atoms with Crippen LogP contribution < -0.4 is 0 Å². The van der Waals surface area contributed by atoms with E-state index in [1.165, 1.54) is 0 Å². The molecule has 2 saturated heterocycles. The third-order valence-electron chi connectivity index (χ3n) is 7.48. The van der Waals surface area contributed by atoms with Crippen LogP contribution in [0.3, 0.4) is 0 Å². The standard InChI is InChI=1S/C27H29Cl4N3O3/c1-16(35)33-8-5-17(6-9-33)27(37)34-10-7-25(22(15-34)18-3-4-23(30)24(31)13-18)32(2)26(36)19-11-20(28)14-21(29)12-19/h3-4,11-14,17,22,25H,5-10,15H2,1-2H3. The maximum atomic E-state index is 13.5. The zero-order valence-electron chi connectivity index (χ0n) is 20.7. The summed E-state index contributed by atoms with van der Waals surface area (Å²) in [5.74, 6) is -0.346. The molecule has 4 rings (SSSR count). The molecule has 0 aliphatic carbocycles. The summed E-state index contributed by atoms with van der Waals surface area (Å²) in [5.41, 5.74) is 1.32. The molecule has 2 unspecified atom stereocenters. The number of carbonyl (C=O) groups excluding carboxylic acids is 3. The number of hydrogen-bond acceptors (Lipinski definition) is 3. The first kappa shape index (κ1) is 28.0. The van der Waals surface area contributed by atoms with E-state index in [1.54, 1.807) is 48.0 Å². The summed E-state index contributed by atoms with van der Waals surface area (Å²) in [6.07, 6.45) is 1.91. The van der Waals surface area contributed by atoms with Gasteiger partial charge in [-0.1, -0.05) is 52.5 Å². The van der Waals surface area contributed by atoms with Crippen molar-refractivity contribution in [3.63, 3.8) is 0 Å². The Hall–Kier alpha value is -1.99. The van der Waals surface area contributed by atoms with E-state index in [-0.39, 0.29) is 35.6 Å². The summed E-state index contributed by atoms with van der Waals surface area (Å²) in [5, 5.41) is 1.65. The van der Waals surface area contributed by atoms with Gasteiger partial charge in [0.15, 0.2) is 0 Å². The highest BCUT2D eigenvalue weighted by Crippen LogP contribution is 2.36. The van der Waals surface area contributed by atoms with Crippen LogP contribution >= 0.6 is 46.4 Å². The lowest BCUT2D eigenvalue weighted by atomic mass is 9.83. The fourth-order valence-electron chi connectivity index (χ4n) is 5.41. The fourth-order valence-corrected chi connectivity index (χ4v) is 6.24. The molecule has 0 N–H and O–H groups in total. The first-order valence-electron chi connectivity index (χ1n) is 12.3. The highest BCUT2D eigenvalue weighted by atomic mass is 35.5. The van der Waals surface area contributed by atoms with Gasteiger partial charge in [-0.2, -0.15) is 0 Å². The maximum Gasteiger partial charge on any atom is 0.253 e. The minimum Gasteiger partial charge on any atom is -0.343 e. The van der Waals surface area contributed by atoms with Crippen LogP contribution in [0.5, 0.6) is 0 Å². The predicted molar refractivity (Wildman–Crippen MR) is 148 cm³/mol. The second-order valence-electron chi connectivity index (χ2n) is 9.77. The summed E-state index contributed by atoms with van der Waals surface area (Å²) < 4.78 is 0. The minimum atomic E-state index is -0.198. The molecule has 0 aromatic heterocycles. The lowest BCUT2D eigenvalue weighted by molar-refractivity contribution is -0.141.